The smallest absolute Gasteiger partial charge is 0.223 e. The van der Waals surface area contributed by atoms with Crippen LogP contribution in [-0.4, -0.2) is 26.3 Å². The second kappa shape index (κ2) is 6.59. The van der Waals surface area contributed by atoms with Crippen molar-refractivity contribution in [2.75, 3.05) is 11.9 Å². The van der Waals surface area contributed by atoms with Crippen molar-refractivity contribution in [1.29, 1.82) is 0 Å². The van der Waals surface area contributed by atoms with Gasteiger partial charge in [0.05, 0.1) is 30.2 Å². The standard InChI is InChI=1S/C17H17ClN6/c18-13-3-1-2-12(8-13)16-4-5-20-17(22-16)21-10-14-9-15-11-19-6-7-24(15)23-14/h1-5,8-9,19H,6-7,10-11H2,(H,20,21,22). The molecule has 0 amide bonds. The first-order valence-electron chi connectivity index (χ1n) is 7.87. The van der Waals surface area contributed by atoms with Gasteiger partial charge in [0.15, 0.2) is 0 Å². The molecule has 0 unspecified atom stereocenters. The first-order valence-corrected chi connectivity index (χ1v) is 8.25. The van der Waals surface area contributed by atoms with Gasteiger partial charge in [0.25, 0.3) is 0 Å². The lowest BCUT2D eigenvalue weighted by Crippen LogP contribution is -2.28. The fourth-order valence-electron chi connectivity index (χ4n) is 2.76. The van der Waals surface area contributed by atoms with Crippen molar-refractivity contribution in [3.05, 3.63) is 59.0 Å². The number of nitrogens with one attached hydrogen (secondary N) is 2. The van der Waals surface area contributed by atoms with E-state index in [1.807, 2.05) is 30.3 Å². The van der Waals surface area contributed by atoms with Gasteiger partial charge >= 0.3 is 0 Å². The van der Waals surface area contributed by atoms with Crippen LogP contribution in [0.5, 0.6) is 0 Å². The third-order valence-electron chi connectivity index (χ3n) is 3.92. The number of rotatable bonds is 4. The van der Waals surface area contributed by atoms with Crippen LogP contribution in [0.25, 0.3) is 11.3 Å². The van der Waals surface area contributed by atoms with E-state index in [-0.39, 0.29) is 0 Å². The molecule has 0 atom stereocenters. The summed E-state index contributed by atoms with van der Waals surface area (Å²) in [7, 11) is 0. The van der Waals surface area contributed by atoms with Crippen molar-refractivity contribution in [2.45, 2.75) is 19.6 Å². The molecule has 24 heavy (non-hydrogen) atoms. The molecule has 1 aliphatic rings. The van der Waals surface area contributed by atoms with E-state index in [2.05, 4.69) is 36.4 Å². The number of halogens is 1. The highest BCUT2D eigenvalue weighted by Crippen LogP contribution is 2.21. The Kier molecular flexibility index (Phi) is 4.15. The SMILES string of the molecule is Clc1cccc(-c2ccnc(NCc3cc4n(n3)CCNC4)n2)c1. The van der Waals surface area contributed by atoms with Crippen LogP contribution in [0.3, 0.4) is 0 Å². The molecule has 1 aromatic carbocycles. The number of hydrogen-bond acceptors (Lipinski definition) is 5. The Labute approximate surface area is 144 Å². The predicted molar refractivity (Wildman–Crippen MR) is 93.7 cm³/mol. The lowest BCUT2D eigenvalue weighted by molar-refractivity contribution is 0.473. The minimum absolute atomic E-state index is 0.580. The molecule has 0 spiro atoms. The van der Waals surface area contributed by atoms with Crippen molar-refractivity contribution in [1.82, 2.24) is 25.1 Å². The average molecular weight is 341 g/mol. The van der Waals surface area contributed by atoms with Gasteiger partial charge < -0.3 is 10.6 Å². The number of hydrogen-bond donors (Lipinski definition) is 2. The Morgan fingerprint density at radius 1 is 1.25 bits per heavy atom. The monoisotopic (exact) mass is 340 g/mol. The molecule has 4 rings (SSSR count). The average Bonchev–Trinajstić information content (AvgIpc) is 3.03. The number of aromatic nitrogens is 4. The van der Waals surface area contributed by atoms with Crippen LogP contribution in [0.2, 0.25) is 5.02 Å². The maximum Gasteiger partial charge on any atom is 0.223 e. The molecule has 0 saturated heterocycles. The van der Waals surface area contributed by atoms with E-state index in [0.29, 0.717) is 17.5 Å². The number of anilines is 1. The Morgan fingerprint density at radius 3 is 3.08 bits per heavy atom. The predicted octanol–water partition coefficient (Wildman–Crippen LogP) is 2.71. The van der Waals surface area contributed by atoms with Gasteiger partial charge in [-0.3, -0.25) is 4.68 Å². The summed E-state index contributed by atoms with van der Waals surface area (Å²) in [5, 5.41) is 11.9. The lowest BCUT2D eigenvalue weighted by Gasteiger charge is -2.13. The van der Waals surface area contributed by atoms with Crippen LogP contribution in [-0.2, 0) is 19.6 Å². The van der Waals surface area contributed by atoms with Gasteiger partial charge in [-0.25, -0.2) is 9.97 Å². The zero-order valence-electron chi connectivity index (χ0n) is 13.0. The minimum Gasteiger partial charge on any atom is -0.348 e. The molecule has 3 heterocycles. The van der Waals surface area contributed by atoms with Gasteiger partial charge in [-0.05, 0) is 24.3 Å². The molecule has 122 valence electrons. The zero-order chi connectivity index (χ0) is 16.4. The Balaban J connectivity index is 1.49. The van der Waals surface area contributed by atoms with Gasteiger partial charge in [0.1, 0.15) is 0 Å². The van der Waals surface area contributed by atoms with Crippen molar-refractivity contribution in [3.8, 4) is 11.3 Å². The Bertz CT molecular complexity index is 836. The zero-order valence-corrected chi connectivity index (χ0v) is 13.8. The van der Waals surface area contributed by atoms with E-state index in [4.69, 9.17) is 11.6 Å². The van der Waals surface area contributed by atoms with Crippen molar-refractivity contribution >= 4 is 17.5 Å². The Hall–Kier alpha value is -2.44. The summed E-state index contributed by atoms with van der Waals surface area (Å²) in [6.45, 7) is 3.34. The van der Waals surface area contributed by atoms with E-state index in [0.717, 1.165) is 36.6 Å². The fraction of sp³-hybridized carbons (Fsp3) is 0.235. The molecule has 0 saturated carbocycles. The summed E-state index contributed by atoms with van der Waals surface area (Å²) < 4.78 is 2.05. The van der Waals surface area contributed by atoms with Crippen molar-refractivity contribution in [3.63, 3.8) is 0 Å². The topological polar surface area (TPSA) is 67.7 Å². The molecule has 3 aromatic rings. The normalized spacial score (nSPS) is 13.5. The van der Waals surface area contributed by atoms with Crippen LogP contribution in [0.1, 0.15) is 11.4 Å². The highest BCUT2D eigenvalue weighted by Gasteiger charge is 2.11. The van der Waals surface area contributed by atoms with E-state index in [1.165, 1.54) is 5.69 Å². The van der Waals surface area contributed by atoms with Crippen LogP contribution < -0.4 is 10.6 Å². The summed E-state index contributed by atoms with van der Waals surface area (Å²) in [5.41, 5.74) is 4.01. The molecular weight excluding hydrogens is 324 g/mol. The maximum absolute atomic E-state index is 6.05. The minimum atomic E-state index is 0.580. The summed E-state index contributed by atoms with van der Waals surface area (Å²) in [6, 6.07) is 11.6. The van der Waals surface area contributed by atoms with E-state index in [1.54, 1.807) is 6.20 Å². The van der Waals surface area contributed by atoms with Crippen molar-refractivity contribution < 1.29 is 0 Å². The number of fused-ring (bicyclic) bond motifs is 1. The van der Waals surface area contributed by atoms with Crippen LogP contribution >= 0.6 is 11.6 Å². The molecular formula is C17H17ClN6. The molecule has 1 aliphatic heterocycles. The third kappa shape index (κ3) is 3.25. The molecule has 6 nitrogen and oxygen atoms in total. The largest absolute Gasteiger partial charge is 0.348 e. The number of benzene rings is 1. The molecule has 0 fully saturated rings. The maximum atomic E-state index is 6.05. The third-order valence-corrected chi connectivity index (χ3v) is 4.16. The van der Waals surface area contributed by atoms with E-state index >= 15 is 0 Å². The Morgan fingerprint density at radius 2 is 2.21 bits per heavy atom. The molecule has 7 heteroatoms. The fourth-order valence-corrected chi connectivity index (χ4v) is 2.95. The second-order valence-electron chi connectivity index (χ2n) is 5.66. The highest BCUT2D eigenvalue weighted by atomic mass is 35.5. The molecule has 0 aliphatic carbocycles. The first-order chi connectivity index (χ1) is 11.8. The summed E-state index contributed by atoms with van der Waals surface area (Å²) >= 11 is 6.05. The van der Waals surface area contributed by atoms with Gasteiger partial charge in [0.2, 0.25) is 5.95 Å². The first kappa shape index (κ1) is 15.1. The summed E-state index contributed by atoms with van der Waals surface area (Å²) in [6.07, 6.45) is 1.74. The van der Waals surface area contributed by atoms with E-state index < -0.39 is 0 Å². The lowest BCUT2D eigenvalue weighted by atomic mass is 10.1. The van der Waals surface area contributed by atoms with Crippen LogP contribution in [0, 0.1) is 0 Å². The van der Waals surface area contributed by atoms with Gasteiger partial charge in [-0.1, -0.05) is 23.7 Å². The highest BCUT2D eigenvalue weighted by molar-refractivity contribution is 6.30. The number of nitrogens with zero attached hydrogens (tertiary/aromatic N) is 4. The molecule has 0 radical (unpaired) electrons. The second-order valence-corrected chi connectivity index (χ2v) is 6.09. The van der Waals surface area contributed by atoms with Crippen LogP contribution in [0.15, 0.2) is 42.6 Å². The van der Waals surface area contributed by atoms with E-state index in [9.17, 15) is 0 Å². The quantitative estimate of drug-likeness (QED) is 0.764. The summed E-state index contributed by atoms with van der Waals surface area (Å²) in [5.74, 6) is 0.580. The summed E-state index contributed by atoms with van der Waals surface area (Å²) in [4.78, 5) is 8.84. The van der Waals surface area contributed by atoms with Gasteiger partial charge in [0, 0.05) is 29.9 Å². The molecule has 0 bridgehead atoms. The molecule has 2 aromatic heterocycles. The van der Waals surface area contributed by atoms with Gasteiger partial charge in [-0.2, -0.15) is 5.10 Å². The van der Waals surface area contributed by atoms with Crippen LogP contribution in [0.4, 0.5) is 5.95 Å². The van der Waals surface area contributed by atoms with Crippen molar-refractivity contribution in [2.24, 2.45) is 0 Å². The van der Waals surface area contributed by atoms with Gasteiger partial charge in [-0.15, -0.1) is 0 Å². The molecule has 2 N–H and O–H groups in total.